The molecule has 1 N–H and O–H groups in total. The van der Waals surface area contributed by atoms with E-state index in [1.54, 1.807) is 32.0 Å². The molecule has 1 rings (SSSR count). The molecule has 114 valence electrons. The second-order valence-corrected chi connectivity index (χ2v) is 5.39. The van der Waals surface area contributed by atoms with Gasteiger partial charge in [-0.15, -0.1) is 0 Å². The molecule has 0 saturated heterocycles. The van der Waals surface area contributed by atoms with E-state index in [2.05, 4.69) is 11.4 Å². The van der Waals surface area contributed by atoms with Gasteiger partial charge in [0.15, 0.2) is 0 Å². The summed E-state index contributed by atoms with van der Waals surface area (Å²) in [6, 6.07) is 7.06. The zero-order valence-corrected chi connectivity index (χ0v) is 13.2. The van der Waals surface area contributed by atoms with Gasteiger partial charge >= 0.3 is 0 Å². The van der Waals surface area contributed by atoms with Crippen molar-refractivity contribution in [1.29, 1.82) is 5.26 Å². The van der Waals surface area contributed by atoms with Gasteiger partial charge in [-0.3, -0.25) is 4.79 Å². The van der Waals surface area contributed by atoms with Crippen LogP contribution in [0.1, 0.15) is 40.2 Å². The molecule has 1 aromatic carbocycles. The Bertz CT molecular complexity index is 545. The number of carbonyl (C=O) groups is 1. The van der Waals surface area contributed by atoms with Crippen molar-refractivity contribution < 1.29 is 14.3 Å². The number of carbonyl (C=O) groups excluding carboxylic acids is 1. The van der Waals surface area contributed by atoms with Crippen LogP contribution in [0.4, 0.5) is 5.69 Å². The molecule has 0 aromatic heterocycles. The second-order valence-electron chi connectivity index (χ2n) is 5.39. The lowest BCUT2D eigenvalue weighted by Crippen LogP contribution is -2.39. The van der Waals surface area contributed by atoms with Crippen LogP contribution < -0.4 is 10.1 Å². The zero-order valence-electron chi connectivity index (χ0n) is 13.2. The van der Waals surface area contributed by atoms with Crippen molar-refractivity contribution in [3.63, 3.8) is 0 Å². The average Bonchev–Trinajstić information content (AvgIpc) is 2.39. The number of nitrogens with one attached hydrogen (secondary N) is 1. The normalized spacial score (nSPS) is 11.1. The minimum Gasteiger partial charge on any atom is -0.490 e. The first kappa shape index (κ1) is 17.0. The molecule has 0 heterocycles. The molecule has 0 unspecified atom stereocenters. The summed E-state index contributed by atoms with van der Waals surface area (Å²) < 4.78 is 10.9. The monoisotopic (exact) mass is 290 g/mol. The topological polar surface area (TPSA) is 71.3 Å². The van der Waals surface area contributed by atoms with Crippen molar-refractivity contribution in [2.24, 2.45) is 0 Å². The van der Waals surface area contributed by atoms with Gasteiger partial charge in [-0.2, -0.15) is 5.26 Å². The molecule has 0 aliphatic rings. The largest absolute Gasteiger partial charge is 0.490 e. The highest BCUT2D eigenvalue weighted by Crippen LogP contribution is 2.24. The van der Waals surface area contributed by atoms with E-state index in [0.29, 0.717) is 23.6 Å². The van der Waals surface area contributed by atoms with Crippen LogP contribution in [0, 0.1) is 11.3 Å². The lowest BCUT2D eigenvalue weighted by atomic mass is 10.1. The predicted molar refractivity (Wildman–Crippen MR) is 81.3 cm³/mol. The Hall–Kier alpha value is -2.06. The maximum absolute atomic E-state index is 12.1. The summed E-state index contributed by atoms with van der Waals surface area (Å²) in [5, 5.41) is 11.9. The smallest absolute Gasteiger partial charge is 0.256 e. The van der Waals surface area contributed by atoms with Crippen LogP contribution in [0.25, 0.3) is 0 Å². The van der Waals surface area contributed by atoms with Crippen molar-refractivity contribution in [2.45, 2.75) is 46.3 Å². The van der Waals surface area contributed by atoms with Crippen LogP contribution in [0.2, 0.25) is 0 Å². The molecule has 0 radical (unpaired) electrons. The molecule has 1 aromatic rings. The van der Waals surface area contributed by atoms with Gasteiger partial charge in [-0.05, 0) is 52.8 Å². The van der Waals surface area contributed by atoms with Gasteiger partial charge in [0.2, 0.25) is 0 Å². The number of hydrogen-bond donors (Lipinski definition) is 1. The van der Waals surface area contributed by atoms with Crippen LogP contribution in [0.3, 0.4) is 0 Å². The quantitative estimate of drug-likeness (QED) is 0.874. The Balaban J connectivity index is 2.91. The van der Waals surface area contributed by atoms with Gasteiger partial charge in [0.1, 0.15) is 17.4 Å². The van der Waals surface area contributed by atoms with E-state index in [9.17, 15) is 4.79 Å². The van der Waals surface area contributed by atoms with Crippen molar-refractivity contribution in [3.8, 4) is 11.8 Å². The average molecular weight is 290 g/mol. The van der Waals surface area contributed by atoms with Gasteiger partial charge in [0.25, 0.3) is 5.91 Å². The molecule has 0 atom stereocenters. The molecule has 0 saturated carbocycles. The summed E-state index contributed by atoms with van der Waals surface area (Å²) in [6.07, 6.45) is -0.0190. The standard InChI is InChI=1S/C16H22N2O3/c1-6-20-16(4,5)15(19)18-13-7-8-14(21-11(2)3)12(9-13)10-17/h7-9,11H,6H2,1-5H3,(H,18,19). The summed E-state index contributed by atoms with van der Waals surface area (Å²) in [6.45, 7) is 9.47. The first-order valence-corrected chi connectivity index (χ1v) is 6.96. The number of anilines is 1. The zero-order chi connectivity index (χ0) is 16.0. The summed E-state index contributed by atoms with van der Waals surface area (Å²) in [5.74, 6) is 0.250. The lowest BCUT2D eigenvalue weighted by Gasteiger charge is -2.23. The highest BCUT2D eigenvalue weighted by atomic mass is 16.5. The number of rotatable bonds is 6. The molecular weight excluding hydrogens is 268 g/mol. The van der Waals surface area contributed by atoms with Gasteiger partial charge in [-0.1, -0.05) is 0 Å². The van der Waals surface area contributed by atoms with E-state index in [4.69, 9.17) is 14.7 Å². The van der Waals surface area contributed by atoms with E-state index >= 15 is 0 Å². The van der Waals surface area contributed by atoms with Gasteiger partial charge in [-0.25, -0.2) is 0 Å². The fourth-order valence-corrected chi connectivity index (χ4v) is 1.76. The van der Waals surface area contributed by atoms with Crippen LogP contribution >= 0.6 is 0 Å². The fourth-order valence-electron chi connectivity index (χ4n) is 1.76. The summed E-state index contributed by atoms with van der Waals surface area (Å²) in [7, 11) is 0. The number of benzene rings is 1. The highest BCUT2D eigenvalue weighted by molar-refractivity contribution is 5.96. The molecule has 5 heteroatoms. The highest BCUT2D eigenvalue weighted by Gasteiger charge is 2.28. The number of nitriles is 1. The molecule has 5 nitrogen and oxygen atoms in total. The Morgan fingerprint density at radius 3 is 2.62 bits per heavy atom. The number of amides is 1. The molecule has 21 heavy (non-hydrogen) atoms. The maximum atomic E-state index is 12.1. The van der Waals surface area contributed by atoms with Gasteiger partial charge in [0.05, 0.1) is 11.7 Å². The van der Waals surface area contributed by atoms with E-state index in [-0.39, 0.29) is 12.0 Å². The molecule has 0 aliphatic heterocycles. The van der Waals surface area contributed by atoms with Crippen molar-refractivity contribution >= 4 is 11.6 Å². The Kier molecular flexibility index (Phi) is 5.74. The van der Waals surface area contributed by atoms with E-state index in [1.165, 1.54) is 0 Å². The maximum Gasteiger partial charge on any atom is 0.256 e. The van der Waals surface area contributed by atoms with Gasteiger partial charge < -0.3 is 14.8 Å². The molecule has 1 amide bonds. The SMILES string of the molecule is CCOC(C)(C)C(=O)Nc1ccc(OC(C)C)c(C#N)c1. The predicted octanol–water partition coefficient (Wildman–Crippen LogP) is 3.10. The third kappa shape index (κ3) is 4.76. The Morgan fingerprint density at radius 2 is 2.10 bits per heavy atom. The fraction of sp³-hybridized carbons (Fsp3) is 0.500. The van der Waals surface area contributed by atoms with Crippen LogP contribution in [-0.4, -0.2) is 24.2 Å². The molecule has 0 fully saturated rings. The summed E-state index contributed by atoms with van der Waals surface area (Å²) in [4.78, 5) is 12.1. The minimum atomic E-state index is -0.922. The van der Waals surface area contributed by atoms with Crippen LogP contribution in [0.5, 0.6) is 5.75 Å². The van der Waals surface area contributed by atoms with E-state index < -0.39 is 5.60 Å². The first-order valence-electron chi connectivity index (χ1n) is 6.96. The van der Waals surface area contributed by atoms with Crippen LogP contribution in [-0.2, 0) is 9.53 Å². The number of ether oxygens (including phenoxy) is 2. The second kappa shape index (κ2) is 7.09. The third-order valence-corrected chi connectivity index (χ3v) is 2.77. The van der Waals surface area contributed by atoms with Crippen LogP contribution in [0.15, 0.2) is 18.2 Å². The number of nitrogens with zero attached hydrogens (tertiary/aromatic N) is 1. The van der Waals surface area contributed by atoms with E-state index in [1.807, 2.05) is 20.8 Å². The number of hydrogen-bond acceptors (Lipinski definition) is 4. The Labute approximate surface area is 125 Å². The summed E-state index contributed by atoms with van der Waals surface area (Å²) >= 11 is 0. The van der Waals surface area contributed by atoms with Crippen molar-refractivity contribution in [2.75, 3.05) is 11.9 Å². The Morgan fingerprint density at radius 1 is 1.43 bits per heavy atom. The van der Waals surface area contributed by atoms with Gasteiger partial charge in [0, 0.05) is 12.3 Å². The molecule has 0 spiro atoms. The lowest BCUT2D eigenvalue weighted by molar-refractivity contribution is -0.136. The minimum absolute atomic E-state index is 0.0190. The summed E-state index contributed by atoms with van der Waals surface area (Å²) in [5.41, 5.74) is 0.00503. The molecular formula is C16H22N2O3. The van der Waals surface area contributed by atoms with Crippen molar-refractivity contribution in [1.82, 2.24) is 0 Å². The van der Waals surface area contributed by atoms with E-state index in [0.717, 1.165) is 0 Å². The third-order valence-electron chi connectivity index (χ3n) is 2.77. The molecule has 0 aliphatic carbocycles. The van der Waals surface area contributed by atoms with Crippen molar-refractivity contribution in [3.05, 3.63) is 23.8 Å². The first-order chi connectivity index (χ1) is 9.80. The molecule has 0 bridgehead atoms.